The number of hydrogen-bond acceptors (Lipinski definition) is 4. The van der Waals surface area contributed by atoms with Crippen molar-refractivity contribution in [2.75, 3.05) is 4.31 Å². The van der Waals surface area contributed by atoms with Crippen molar-refractivity contribution >= 4 is 21.4 Å². The van der Waals surface area contributed by atoms with Crippen LogP contribution in [-0.4, -0.2) is 23.0 Å². The van der Waals surface area contributed by atoms with E-state index in [1.165, 1.54) is 22.5 Å². The molecule has 0 saturated carbocycles. The van der Waals surface area contributed by atoms with Crippen LogP contribution in [0.3, 0.4) is 0 Å². The first-order valence-corrected chi connectivity index (χ1v) is 10.4. The molecule has 2 aromatic carbocycles. The lowest BCUT2D eigenvalue weighted by Crippen LogP contribution is -2.31. The molecule has 0 bridgehead atoms. The lowest BCUT2D eigenvalue weighted by molar-refractivity contribution is 0.590. The Labute approximate surface area is 168 Å². The Balaban J connectivity index is 1.88. The third-order valence-electron chi connectivity index (χ3n) is 4.67. The van der Waals surface area contributed by atoms with Gasteiger partial charge in [0, 0.05) is 6.20 Å². The fourth-order valence-corrected chi connectivity index (χ4v) is 4.75. The monoisotopic (exact) mass is 410 g/mol. The third-order valence-corrected chi connectivity index (χ3v) is 6.46. The van der Waals surface area contributed by atoms with E-state index in [4.69, 9.17) is 0 Å². The maximum absolute atomic E-state index is 13.7. The second-order valence-electron chi connectivity index (χ2n) is 6.79. The standard InChI is InChI=1S/C21H19FN4O2S/c1-15-5-3-6-19(13-15)26(14-17-8-10-18(22)11-9-17)29(27,28)20-7-4-12-25-16(2)23-24-21(20)25/h3-13H,14H2,1-2H3. The van der Waals surface area contributed by atoms with Crippen LogP contribution < -0.4 is 4.31 Å². The van der Waals surface area contributed by atoms with Crippen LogP contribution in [0.4, 0.5) is 10.1 Å². The largest absolute Gasteiger partial charge is 0.286 e. The second kappa shape index (κ2) is 7.29. The van der Waals surface area contributed by atoms with E-state index in [9.17, 15) is 12.8 Å². The first-order chi connectivity index (χ1) is 13.9. The molecule has 0 saturated heterocycles. The van der Waals surface area contributed by atoms with Gasteiger partial charge in [-0.05, 0) is 61.4 Å². The molecule has 29 heavy (non-hydrogen) atoms. The zero-order chi connectivity index (χ0) is 20.6. The summed E-state index contributed by atoms with van der Waals surface area (Å²) in [6.07, 6.45) is 1.72. The van der Waals surface area contributed by atoms with Crippen molar-refractivity contribution in [3.05, 3.63) is 89.6 Å². The quantitative estimate of drug-likeness (QED) is 0.501. The van der Waals surface area contributed by atoms with Gasteiger partial charge in [-0.25, -0.2) is 12.8 Å². The normalized spacial score (nSPS) is 11.7. The number of aryl methyl sites for hydroxylation is 2. The average molecular weight is 410 g/mol. The smallest absolute Gasteiger partial charge is 0.268 e. The summed E-state index contributed by atoms with van der Waals surface area (Å²) in [4.78, 5) is 0.0595. The van der Waals surface area contributed by atoms with Gasteiger partial charge in [-0.15, -0.1) is 10.2 Å². The molecule has 6 nitrogen and oxygen atoms in total. The molecule has 0 aliphatic rings. The molecule has 2 heterocycles. The average Bonchev–Trinajstić information content (AvgIpc) is 3.08. The molecule has 0 fully saturated rings. The lowest BCUT2D eigenvalue weighted by Gasteiger charge is -2.25. The first kappa shape index (κ1) is 19.1. The number of fused-ring (bicyclic) bond motifs is 1. The maximum atomic E-state index is 13.7. The number of nitrogens with zero attached hydrogens (tertiary/aromatic N) is 4. The number of hydrogen-bond donors (Lipinski definition) is 0. The molecule has 4 rings (SSSR count). The van der Waals surface area contributed by atoms with Gasteiger partial charge in [0.2, 0.25) is 0 Å². The molecule has 0 radical (unpaired) electrons. The van der Waals surface area contributed by atoms with E-state index >= 15 is 0 Å². The highest BCUT2D eigenvalue weighted by molar-refractivity contribution is 7.93. The van der Waals surface area contributed by atoms with Crippen molar-refractivity contribution < 1.29 is 12.8 Å². The highest BCUT2D eigenvalue weighted by Crippen LogP contribution is 2.28. The van der Waals surface area contributed by atoms with Crippen molar-refractivity contribution in [2.45, 2.75) is 25.3 Å². The van der Waals surface area contributed by atoms with Crippen molar-refractivity contribution in [3.63, 3.8) is 0 Å². The van der Waals surface area contributed by atoms with E-state index < -0.39 is 10.0 Å². The Morgan fingerprint density at radius 2 is 1.76 bits per heavy atom. The third kappa shape index (κ3) is 3.58. The molecule has 4 aromatic rings. The van der Waals surface area contributed by atoms with Crippen LogP contribution >= 0.6 is 0 Å². The Hall–Kier alpha value is -3.26. The summed E-state index contributed by atoms with van der Waals surface area (Å²) in [5.41, 5.74) is 2.38. The van der Waals surface area contributed by atoms with Gasteiger partial charge in [-0.1, -0.05) is 24.3 Å². The number of rotatable bonds is 5. The van der Waals surface area contributed by atoms with Gasteiger partial charge in [0.1, 0.15) is 16.5 Å². The van der Waals surface area contributed by atoms with Crippen molar-refractivity contribution in [1.29, 1.82) is 0 Å². The molecule has 0 spiro atoms. The Bertz CT molecular complexity index is 1280. The van der Waals surface area contributed by atoms with Crippen LogP contribution in [0.5, 0.6) is 0 Å². The van der Waals surface area contributed by atoms with Crippen LogP contribution in [-0.2, 0) is 16.6 Å². The molecular formula is C21H19FN4O2S. The Morgan fingerprint density at radius 3 is 2.48 bits per heavy atom. The van der Waals surface area contributed by atoms with Crippen molar-refractivity contribution in [1.82, 2.24) is 14.6 Å². The minimum Gasteiger partial charge on any atom is -0.286 e. The van der Waals surface area contributed by atoms with Crippen molar-refractivity contribution in [3.8, 4) is 0 Å². The molecule has 148 valence electrons. The molecule has 0 N–H and O–H groups in total. The van der Waals surface area contributed by atoms with E-state index in [2.05, 4.69) is 10.2 Å². The zero-order valence-electron chi connectivity index (χ0n) is 15.9. The van der Waals surface area contributed by atoms with Crippen LogP contribution in [0, 0.1) is 19.7 Å². The number of anilines is 1. The summed E-state index contributed by atoms with van der Waals surface area (Å²) in [6.45, 7) is 3.71. The van der Waals surface area contributed by atoms with Crippen LogP contribution in [0.1, 0.15) is 17.0 Å². The Morgan fingerprint density at radius 1 is 1.00 bits per heavy atom. The molecule has 0 aliphatic carbocycles. The van der Waals surface area contributed by atoms with Gasteiger partial charge in [0.25, 0.3) is 10.0 Å². The minimum absolute atomic E-state index is 0.0558. The van der Waals surface area contributed by atoms with Crippen LogP contribution in [0.25, 0.3) is 5.65 Å². The van der Waals surface area contributed by atoms with Gasteiger partial charge in [-0.2, -0.15) is 0 Å². The van der Waals surface area contributed by atoms with Crippen LogP contribution in [0.15, 0.2) is 71.8 Å². The molecule has 2 aromatic heterocycles. The summed E-state index contributed by atoms with van der Waals surface area (Å²) in [5.74, 6) is 0.222. The van der Waals surface area contributed by atoms with Gasteiger partial charge >= 0.3 is 0 Å². The first-order valence-electron chi connectivity index (χ1n) is 9.00. The summed E-state index contributed by atoms with van der Waals surface area (Å²) < 4.78 is 43.7. The molecule has 8 heteroatoms. The molecule has 0 unspecified atom stereocenters. The number of benzene rings is 2. The summed E-state index contributed by atoms with van der Waals surface area (Å²) in [5, 5.41) is 8.05. The molecule has 0 atom stereocenters. The highest BCUT2D eigenvalue weighted by Gasteiger charge is 2.28. The summed E-state index contributed by atoms with van der Waals surface area (Å²) >= 11 is 0. The predicted molar refractivity (Wildman–Crippen MR) is 109 cm³/mol. The van der Waals surface area contributed by atoms with E-state index in [-0.39, 0.29) is 22.9 Å². The number of sulfonamides is 1. The maximum Gasteiger partial charge on any atom is 0.268 e. The van der Waals surface area contributed by atoms with E-state index in [0.717, 1.165) is 5.56 Å². The Kier molecular flexibility index (Phi) is 4.79. The molecule has 0 aliphatic heterocycles. The van der Waals surface area contributed by atoms with Crippen LogP contribution in [0.2, 0.25) is 0 Å². The van der Waals surface area contributed by atoms with Gasteiger partial charge in [0.15, 0.2) is 5.65 Å². The lowest BCUT2D eigenvalue weighted by atomic mass is 10.2. The SMILES string of the molecule is Cc1cccc(N(Cc2ccc(F)cc2)S(=O)(=O)c2cccn3c(C)nnc23)c1. The number of halogens is 1. The zero-order valence-corrected chi connectivity index (χ0v) is 16.8. The predicted octanol–water partition coefficient (Wildman–Crippen LogP) is 3.88. The molecule has 0 amide bonds. The van der Waals surface area contributed by atoms with E-state index in [1.54, 1.807) is 53.9 Å². The van der Waals surface area contributed by atoms with Gasteiger partial charge in [0.05, 0.1) is 12.2 Å². The molecular weight excluding hydrogens is 391 g/mol. The van der Waals surface area contributed by atoms with Gasteiger partial charge < -0.3 is 0 Å². The van der Waals surface area contributed by atoms with Crippen molar-refractivity contribution in [2.24, 2.45) is 0 Å². The fraction of sp³-hybridized carbons (Fsp3) is 0.143. The topological polar surface area (TPSA) is 67.6 Å². The van der Waals surface area contributed by atoms with E-state index in [0.29, 0.717) is 17.1 Å². The van der Waals surface area contributed by atoms with Gasteiger partial charge in [-0.3, -0.25) is 8.71 Å². The number of pyridine rings is 1. The number of aromatic nitrogens is 3. The fourth-order valence-electron chi connectivity index (χ4n) is 3.18. The second-order valence-corrected chi connectivity index (χ2v) is 8.62. The summed E-state index contributed by atoms with van der Waals surface area (Å²) in [6, 6.07) is 16.2. The highest BCUT2D eigenvalue weighted by atomic mass is 32.2. The minimum atomic E-state index is -3.98. The van der Waals surface area contributed by atoms with E-state index in [1.807, 2.05) is 13.0 Å². The summed E-state index contributed by atoms with van der Waals surface area (Å²) in [7, 11) is -3.98.